The normalized spacial score (nSPS) is 14.9. The quantitative estimate of drug-likeness (QED) is 0.540. The van der Waals surface area contributed by atoms with Gasteiger partial charge in [0.2, 0.25) is 6.79 Å². The molecule has 5 rings (SSSR count). The van der Waals surface area contributed by atoms with E-state index < -0.39 is 0 Å². The van der Waals surface area contributed by atoms with Crippen LogP contribution in [0.2, 0.25) is 0 Å². The second-order valence-corrected chi connectivity index (χ2v) is 8.32. The molecule has 0 atom stereocenters. The fraction of sp³-hybridized carbons (Fsp3) is 0.185. The molecule has 33 heavy (non-hydrogen) atoms. The van der Waals surface area contributed by atoms with Crippen LogP contribution in [0.1, 0.15) is 22.3 Å². The maximum atomic E-state index is 13.6. The summed E-state index contributed by atoms with van der Waals surface area (Å²) in [7, 11) is 1.85. The predicted molar refractivity (Wildman–Crippen MR) is 124 cm³/mol. The van der Waals surface area contributed by atoms with Crippen molar-refractivity contribution in [2.75, 3.05) is 13.8 Å². The van der Waals surface area contributed by atoms with Crippen molar-refractivity contribution in [1.29, 1.82) is 0 Å². The number of fused-ring (bicyclic) bond motifs is 1. The lowest BCUT2D eigenvalue weighted by atomic mass is 10.0. The smallest absolute Gasteiger partial charge is 0.278 e. The van der Waals surface area contributed by atoms with Crippen molar-refractivity contribution < 1.29 is 19.1 Å². The van der Waals surface area contributed by atoms with Gasteiger partial charge in [-0.25, -0.2) is 0 Å². The predicted octanol–water partition coefficient (Wildman–Crippen LogP) is 4.14. The van der Waals surface area contributed by atoms with Crippen LogP contribution < -0.4 is 9.47 Å². The fourth-order valence-electron chi connectivity index (χ4n) is 4.20. The minimum absolute atomic E-state index is 0.159. The second-order valence-electron chi connectivity index (χ2n) is 8.32. The maximum absolute atomic E-state index is 13.6. The fourth-order valence-corrected chi connectivity index (χ4v) is 4.20. The van der Waals surface area contributed by atoms with Crippen molar-refractivity contribution in [2.24, 2.45) is 0 Å². The van der Waals surface area contributed by atoms with Gasteiger partial charge in [0.1, 0.15) is 5.70 Å². The van der Waals surface area contributed by atoms with Crippen LogP contribution in [-0.4, -0.2) is 35.5 Å². The summed E-state index contributed by atoms with van der Waals surface area (Å²) in [6.07, 6.45) is 0. The third kappa shape index (κ3) is 3.96. The molecule has 0 fully saturated rings. The molecule has 2 heterocycles. The Hall–Kier alpha value is -4.06. The summed E-state index contributed by atoms with van der Waals surface area (Å²) in [5, 5.41) is 0. The van der Waals surface area contributed by atoms with Crippen molar-refractivity contribution in [3.05, 3.63) is 101 Å². The molecule has 2 amide bonds. The molecule has 2 aliphatic rings. The first kappa shape index (κ1) is 20.8. The van der Waals surface area contributed by atoms with Gasteiger partial charge in [-0.15, -0.1) is 0 Å². The summed E-state index contributed by atoms with van der Waals surface area (Å²) in [5.74, 6) is 0.697. The average Bonchev–Trinajstić information content (AvgIpc) is 3.38. The van der Waals surface area contributed by atoms with E-state index in [0.29, 0.717) is 29.3 Å². The highest BCUT2D eigenvalue weighted by Crippen LogP contribution is 2.36. The number of carbonyl (C=O) groups excluding carboxylic acids is 2. The van der Waals surface area contributed by atoms with Crippen LogP contribution in [0.25, 0.3) is 5.57 Å². The Balaban J connectivity index is 1.50. The number of likely N-dealkylation sites (N-methyl/N-ethyl adjacent to an activating group) is 1. The number of hydrogen-bond acceptors (Lipinski definition) is 5. The second kappa shape index (κ2) is 8.47. The molecule has 3 aromatic carbocycles. The Kier molecular flexibility index (Phi) is 5.34. The number of imide groups is 1. The Morgan fingerprint density at radius 3 is 2.33 bits per heavy atom. The van der Waals surface area contributed by atoms with Crippen LogP contribution in [0.3, 0.4) is 0 Å². The van der Waals surface area contributed by atoms with E-state index in [-0.39, 0.29) is 25.2 Å². The highest BCUT2D eigenvalue weighted by molar-refractivity contribution is 6.35. The van der Waals surface area contributed by atoms with E-state index in [4.69, 9.17) is 9.47 Å². The summed E-state index contributed by atoms with van der Waals surface area (Å²) >= 11 is 0. The van der Waals surface area contributed by atoms with E-state index in [1.165, 1.54) is 4.90 Å². The molecule has 0 unspecified atom stereocenters. The molecule has 0 saturated heterocycles. The van der Waals surface area contributed by atoms with Crippen LogP contribution in [0.4, 0.5) is 0 Å². The minimum atomic E-state index is -0.299. The zero-order valence-corrected chi connectivity index (χ0v) is 18.6. The third-order valence-electron chi connectivity index (χ3n) is 5.91. The van der Waals surface area contributed by atoms with Gasteiger partial charge in [0, 0.05) is 13.6 Å². The number of rotatable bonds is 6. The van der Waals surface area contributed by atoms with Gasteiger partial charge in [0.15, 0.2) is 11.5 Å². The zero-order chi connectivity index (χ0) is 22.9. The van der Waals surface area contributed by atoms with Gasteiger partial charge in [-0.2, -0.15) is 0 Å². The lowest BCUT2D eigenvalue weighted by Gasteiger charge is -2.21. The average molecular weight is 440 g/mol. The first-order chi connectivity index (χ1) is 16.0. The molecule has 6 heteroatoms. The van der Waals surface area contributed by atoms with Crippen molar-refractivity contribution in [2.45, 2.75) is 20.0 Å². The standard InChI is InChI=1S/C27H24N2O4/c1-18-8-11-21(12-9-18)24-25(28(2)15-19-6-4-3-5-7-19)27(31)29(26(24)30)16-20-10-13-22-23(14-20)33-17-32-22/h3-14H,15-17H2,1-2H3. The molecule has 0 radical (unpaired) electrons. The van der Waals surface area contributed by atoms with Crippen LogP contribution in [0.15, 0.2) is 78.5 Å². The molecular formula is C27H24N2O4. The highest BCUT2D eigenvalue weighted by Gasteiger charge is 2.40. The third-order valence-corrected chi connectivity index (χ3v) is 5.91. The molecule has 0 N–H and O–H groups in total. The van der Waals surface area contributed by atoms with Gasteiger partial charge in [-0.3, -0.25) is 14.5 Å². The van der Waals surface area contributed by atoms with Gasteiger partial charge < -0.3 is 14.4 Å². The molecule has 0 aromatic heterocycles. The Morgan fingerprint density at radius 2 is 1.58 bits per heavy atom. The number of ether oxygens (including phenoxy) is 2. The number of hydrogen-bond donors (Lipinski definition) is 0. The topological polar surface area (TPSA) is 59.1 Å². The van der Waals surface area contributed by atoms with Gasteiger partial charge in [0.25, 0.3) is 11.8 Å². The Morgan fingerprint density at radius 1 is 0.848 bits per heavy atom. The summed E-state index contributed by atoms with van der Waals surface area (Å²) in [5.41, 5.74) is 4.53. The molecule has 3 aromatic rings. The van der Waals surface area contributed by atoms with Gasteiger partial charge in [-0.05, 0) is 35.7 Å². The summed E-state index contributed by atoms with van der Waals surface area (Å²) < 4.78 is 10.8. The van der Waals surface area contributed by atoms with Crippen molar-refractivity contribution in [3.63, 3.8) is 0 Å². The zero-order valence-electron chi connectivity index (χ0n) is 18.6. The first-order valence-electron chi connectivity index (χ1n) is 10.8. The van der Waals surface area contributed by atoms with Crippen LogP contribution >= 0.6 is 0 Å². The summed E-state index contributed by atoms with van der Waals surface area (Å²) in [4.78, 5) is 30.3. The van der Waals surface area contributed by atoms with Gasteiger partial charge in [-0.1, -0.05) is 66.2 Å². The van der Waals surface area contributed by atoms with E-state index in [9.17, 15) is 9.59 Å². The molecule has 166 valence electrons. The highest BCUT2D eigenvalue weighted by atomic mass is 16.7. The number of aryl methyl sites for hydroxylation is 1. The van der Waals surface area contributed by atoms with Gasteiger partial charge in [0.05, 0.1) is 12.1 Å². The number of nitrogens with zero attached hydrogens (tertiary/aromatic N) is 2. The number of carbonyl (C=O) groups is 2. The summed E-state index contributed by atoms with van der Waals surface area (Å²) in [6.45, 7) is 2.84. The largest absolute Gasteiger partial charge is 0.454 e. The van der Waals surface area contributed by atoms with Crippen LogP contribution in [-0.2, 0) is 22.7 Å². The van der Waals surface area contributed by atoms with E-state index in [1.54, 1.807) is 6.07 Å². The summed E-state index contributed by atoms with van der Waals surface area (Å²) in [6, 6.07) is 23.1. The lowest BCUT2D eigenvalue weighted by Crippen LogP contribution is -2.33. The first-order valence-corrected chi connectivity index (χ1v) is 10.8. The SMILES string of the molecule is Cc1ccc(C2=C(N(C)Cc3ccccc3)C(=O)N(Cc3ccc4c(c3)OCO4)C2=O)cc1. The van der Waals surface area contributed by atoms with Crippen LogP contribution in [0.5, 0.6) is 11.5 Å². The van der Waals surface area contributed by atoms with Crippen LogP contribution in [0, 0.1) is 6.92 Å². The molecule has 0 saturated carbocycles. The molecule has 0 spiro atoms. The monoisotopic (exact) mass is 440 g/mol. The molecule has 0 aliphatic carbocycles. The lowest BCUT2D eigenvalue weighted by molar-refractivity contribution is -0.138. The molecular weight excluding hydrogens is 416 g/mol. The van der Waals surface area contributed by atoms with Gasteiger partial charge >= 0.3 is 0 Å². The minimum Gasteiger partial charge on any atom is -0.454 e. The number of amides is 2. The molecule has 6 nitrogen and oxygen atoms in total. The van der Waals surface area contributed by atoms with Crippen molar-refractivity contribution in [1.82, 2.24) is 9.80 Å². The Labute approximate surface area is 192 Å². The Bertz CT molecular complexity index is 1250. The van der Waals surface area contributed by atoms with E-state index in [1.807, 2.05) is 85.6 Å². The van der Waals surface area contributed by atoms with Crippen molar-refractivity contribution >= 4 is 17.4 Å². The van der Waals surface area contributed by atoms with Crippen molar-refractivity contribution in [3.8, 4) is 11.5 Å². The van der Waals surface area contributed by atoms with E-state index in [0.717, 1.165) is 22.3 Å². The van der Waals surface area contributed by atoms with E-state index >= 15 is 0 Å². The molecule has 0 bridgehead atoms. The number of benzene rings is 3. The van der Waals surface area contributed by atoms with E-state index in [2.05, 4.69) is 0 Å². The molecule has 2 aliphatic heterocycles. The maximum Gasteiger partial charge on any atom is 0.278 e.